The highest BCUT2D eigenvalue weighted by Gasteiger charge is 2.33. The van der Waals surface area contributed by atoms with Crippen LogP contribution in [0.25, 0.3) is 32.3 Å². The van der Waals surface area contributed by atoms with Gasteiger partial charge in [0.1, 0.15) is 5.75 Å². The number of ether oxygens (including phenoxy) is 1. The Hall–Kier alpha value is -5.80. The smallest absolute Gasteiger partial charge is 0.128 e. The molecule has 0 saturated carbocycles. The number of benzene rings is 8. The van der Waals surface area contributed by atoms with Crippen molar-refractivity contribution >= 4 is 66.4 Å². The van der Waals surface area contributed by atoms with Gasteiger partial charge in [0.15, 0.2) is 0 Å². The molecular weight excluding hydrogens is 597 g/mol. The molecule has 0 atom stereocenters. The van der Waals surface area contributed by atoms with E-state index in [4.69, 9.17) is 4.74 Å². The number of aryl methyl sites for hydroxylation is 1. The first kappa shape index (κ1) is 29.3. The Labute approximate surface area is 288 Å². The molecule has 9 rings (SSSR count). The normalized spacial score (nSPS) is 13.6. The van der Waals surface area contributed by atoms with Crippen LogP contribution in [0.15, 0.2) is 152 Å². The van der Waals surface area contributed by atoms with Crippen LogP contribution in [-0.2, 0) is 11.8 Å². The average Bonchev–Trinajstić information content (AvgIpc) is 3.15. The number of anilines is 6. The first-order valence-electron chi connectivity index (χ1n) is 17.2. The zero-order valence-electron chi connectivity index (χ0n) is 28.2. The summed E-state index contributed by atoms with van der Waals surface area (Å²) in [5, 5.41) is 7.60. The maximum Gasteiger partial charge on any atom is 0.128 e. The fourth-order valence-corrected chi connectivity index (χ4v) is 8.13. The van der Waals surface area contributed by atoms with Crippen LogP contribution in [-0.4, -0.2) is 7.11 Å². The molecule has 3 nitrogen and oxygen atoms in total. The lowest BCUT2D eigenvalue weighted by molar-refractivity contribution is 0.420. The largest absolute Gasteiger partial charge is 0.496 e. The molecule has 0 amide bonds. The van der Waals surface area contributed by atoms with E-state index in [1.165, 1.54) is 43.7 Å². The highest BCUT2D eigenvalue weighted by molar-refractivity contribution is 6.30. The molecule has 0 N–H and O–H groups in total. The highest BCUT2D eigenvalue weighted by atomic mass is 16.5. The average molecular weight is 635 g/mol. The van der Waals surface area contributed by atoms with Crippen molar-refractivity contribution < 1.29 is 4.74 Å². The molecule has 3 heteroatoms. The third-order valence-corrected chi connectivity index (χ3v) is 10.5. The number of methoxy groups -OCH3 is 1. The zero-order valence-corrected chi connectivity index (χ0v) is 28.2. The molecule has 0 spiro atoms. The Morgan fingerprint density at radius 1 is 0.490 bits per heavy atom. The van der Waals surface area contributed by atoms with Gasteiger partial charge in [-0.25, -0.2) is 0 Å². The fraction of sp³-hybridized carbons (Fsp3) is 0.130. The van der Waals surface area contributed by atoms with Crippen molar-refractivity contribution in [1.29, 1.82) is 0 Å². The topological polar surface area (TPSA) is 15.7 Å². The van der Waals surface area contributed by atoms with E-state index in [1.807, 2.05) is 0 Å². The van der Waals surface area contributed by atoms with Gasteiger partial charge in [-0.3, -0.25) is 0 Å². The Morgan fingerprint density at radius 3 is 1.45 bits per heavy atom. The number of rotatable bonds is 7. The second-order valence-corrected chi connectivity index (χ2v) is 13.8. The maximum atomic E-state index is 6.25. The van der Waals surface area contributed by atoms with Crippen molar-refractivity contribution in [2.75, 3.05) is 16.9 Å². The number of hydrogen-bond acceptors (Lipinski definition) is 3. The minimum Gasteiger partial charge on any atom is -0.496 e. The van der Waals surface area contributed by atoms with Crippen LogP contribution in [0.3, 0.4) is 0 Å². The van der Waals surface area contributed by atoms with Crippen molar-refractivity contribution in [2.24, 2.45) is 0 Å². The van der Waals surface area contributed by atoms with Crippen LogP contribution in [0.4, 0.5) is 34.1 Å². The summed E-state index contributed by atoms with van der Waals surface area (Å²) >= 11 is 0. The molecule has 238 valence electrons. The van der Waals surface area contributed by atoms with Crippen LogP contribution < -0.4 is 14.5 Å². The Morgan fingerprint density at radius 2 is 0.959 bits per heavy atom. The molecule has 0 heterocycles. The predicted octanol–water partition coefficient (Wildman–Crippen LogP) is 12.8. The lowest BCUT2D eigenvalue weighted by Crippen LogP contribution is -2.24. The first-order chi connectivity index (χ1) is 24.0. The summed E-state index contributed by atoms with van der Waals surface area (Å²) in [6.07, 6.45) is 2.12. The van der Waals surface area contributed by atoms with Crippen LogP contribution in [0.2, 0.25) is 0 Å². The molecule has 0 bridgehead atoms. The van der Waals surface area contributed by atoms with Crippen LogP contribution in [0.5, 0.6) is 5.75 Å². The molecule has 0 aromatic heterocycles. The molecule has 0 unspecified atom stereocenters. The van der Waals surface area contributed by atoms with Crippen molar-refractivity contribution in [2.45, 2.75) is 32.1 Å². The van der Waals surface area contributed by atoms with Gasteiger partial charge < -0.3 is 14.5 Å². The Balaban J connectivity index is 1.45. The molecule has 1 aliphatic carbocycles. The minimum absolute atomic E-state index is 0.0152. The van der Waals surface area contributed by atoms with Gasteiger partial charge in [-0.2, -0.15) is 0 Å². The minimum atomic E-state index is 0.0152. The molecule has 1 aliphatic rings. The molecule has 8 aromatic rings. The predicted molar refractivity (Wildman–Crippen MR) is 207 cm³/mol. The SMILES string of the molecule is COc1cc(N(c2ccccc2)c2ccccc2)c2cc3c4c(cc(N(c5ccccc5)c5ccccc5)c5ccc1c2c54)CCC3(C)C. The van der Waals surface area contributed by atoms with E-state index in [0.717, 1.165) is 52.4 Å². The molecule has 0 radical (unpaired) electrons. The van der Waals surface area contributed by atoms with Gasteiger partial charge in [0.05, 0.1) is 18.5 Å². The van der Waals surface area contributed by atoms with E-state index in [1.54, 1.807) is 7.11 Å². The zero-order chi connectivity index (χ0) is 33.1. The highest BCUT2D eigenvalue weighted by Crippen LogP contribution is 2.54. The van der Waals surface area contributed by atoms with E-state index in [2.05, 4.69) is 175 Å². The summed E-state index contributed by atoms with van der Waals surface area (Å²) in [4.78, 5) is 4.82. The van der Waals surface area contributed by atoms with Gasteiger partial charge in [0, 0.05) is 55.7 Å². The fourth-order valence-electron chi connectivity index (χ4n) is 8.13. The molecule has 0 fully saturated rings. The number of hydrogen-bond donors (Lipinski definition) is 0. The molecule has 0 saturated heterocycles. The van der Waals surface area contributed by atoms with E-state index >= 15 is 0 Å². The quantitative estimate of drug-likeness (QED) is 0.162. The van der Waals surface area contributed by atoms with E-state index < -0.39 is 0 Å². The monoisotopic (exact) mass is 634 g/mol. The summed E-state index contributed by atoms with van der Waals surface area (Å²) in [6, 6.07) is 54.8. The number of para-hydroxylation sites is 4. The van der Waals surface area contributed by atoms with Gasteiger partial charge in [-0.05, 0) is 101 Å². The summed E-state index contributed by atoms with van der Waals surface area (Å²) in [7, 11) is 1.80. The van der Waals surface area contributed by atoms with Crippen LogP contribution in [0, 0.1) is 0 Å². The molecule has 8 aromatic carbocycles. The van der Waals surface area contributed by atoms with Crippen LogP contribution in [0.1, 0.15) is 31.4 Å². The van der Waals surface area contributed by atoms with Crippen molar-refractivity contribution in [3.8, 4) is 5.75 Å². The van der Waals surface area contributed by atoms with Gasteiger partial charge in [0.2, 0.25) is 0 Å². The van der Waals surface area contributed by atoms with Gasteiger partial charge in [-0.15, -0.1) is 0 Å². The second kappa shape index (κ2) is 11.4. The summed E-state index contributed by atoms with van der Waals surface area (Å²) in [5.74, 6) is 0.876. The Kier molecular flexibility index (Phi) is 6.84. The lowest BCUT2D eigenvalue weighted by Gasteiger charge is -2.37. The standard InChI is InChI=1S/C46H38N2O/c1-46(2)27-26-31-28-40(47(32-16-8-4-9-17-32)33-18-10-5-11-19-33)36-24-25-37-42(49-3)30-41(38-29-39(46)43(31)45(36)44(37)38)48(34-20-12-6-13-21-34)35-22-14-7-15-23-35/h4-25,28-30H,26-27H2,1-3H3. The summed E-state index contributed by atoms with van der Waals surface area (Å²) in [5.41, 5.74) is 9.67. The first-order valence-corrected chi connectivity index (χ1v) is 17.2. The van der Waals surface area contributed by atoms with Crippen molar-refractivity contribution in [3.63, 3.8) is 0 Å². The summed E-state index contributed by atoms with van der Waals surface area (Å²) in [6.45, 7) is 4.84. The van der Waals surface area contributed by atoms with Crippen molar-refractivity contribution in [3.05, 3.63) is 163 Å². The summed E-state index contributed by atoms with van der Waals surface area (Å²) < 4.78 is 6.25. The molecule has 49 heavy (non-hydrogen) atoms. The van der Waals surface area contributed by atoms with Gasteiger partial charge in [0.25, 0.3) is 0 Å². The molecule has 0 aliphatic heterocycles. The Bertz CT molecular complexity index is 2360. The third kappa shape index (κ3) is 4.64. The van der Waals surface area contributed by atoms with E-state index in [0.29, 0.717) is 0 Å². The second-order valence-electron chi connectivity index (χ2n) is 13.8. The van der Waals surface area contributed by atoms with Crippen LogP contribution >= 0.6 is 0 Å². The third-order valence-electron chi connectivity index (χ3n) is 10.5. The van der Waals surface area contributed by atoms with Gasteiger partial charge >= 0.3 is 0 Å². The number of nitrogens with zero attached hydrogens (tertiary/aromatic N) is 2. The van der Waals surface area contributed by atoms with E-state index in [9.17, 15) is 0 Å². The van der Waals surface area contributed by atoms with Crippen molar-refractivity contribution in [1.82, 2.24) is 0 Å². The van der Waals surface area contributed by atoms with E-state index in [-0.39, 0.29) is 5.41 Å². The molecular formula is C46H38N2O. The maximum absolute atomic E-state index is 6.25. The lowest BCUT2D eigenvalue weighted by atomic mass is 9.70. The van der Waals surface area contributed by atoms with Gasteiger partial charge in [-0.1, -0.05) is 92.7 Å².